The molecule has 4 nitrogen and oxygen atoms in total. The zero-order valence-corrected chi connectivity index (χ0v) is 12.6. The lowest BCUT2D eigenvalue weighted by Gasteiger charge is -2.22. The van der Waals surface area contributed by atoms with Gasteiger partial charge in [-0.3, -0.25) is 10.1 Å². The third kappa shape index (κ3) is 3.85. The van der Waals surface area contributed by atoms with Crippen molar-refractivity contribution < 1.29 is 4.92 Å². The molecule has 110 valence electrons. The number of hydrogen-bond donors (Lipinski definition) is 1. The van der Waals surface area contributed by atoms with Crippen LogP contribution in [0.1, 0.15) is 44.1 Å². The average Bonchev–Trinajstić information content (AvgIpc) is 2.43. The molecule has 0 unspecified atom stereocenters. The van der Waals surface area contributed by atoms with Gasteiger partial charge in [0.1, 0.15) is 5.02 Å². The van der Waals surface area contributed by atoms with E-state index in [-0.39, 0.29) is 10.7 Å². The minimum atomic E-state index is -0.443. The number of nitrogens with one attached hydrogen (secondary N) is 1. The maximum atomic E-state index is 10.8. The van der Waals surface area contributed by atoms with E-state index < -0.39 is 4.92 Å². The number of nitro groups is 1. The van der Waals surface area contributed by atoms with Crippen LogP contribution in [-0.2, 0) is 0 Å². The second kappa shape index (κ2) is 6.93. The van der Waals surface area contributed by atoms with Gasteiger partial charge in [-0.05, 0) is 30.9 Å². The van der Waals surface area contributed by atoms with Crippen molar-refractivity contribution in [3.8, 4) is 0 Å². The van der Waals surface area contributed by atoms with Crippen LogP contribution >= 0.6 is 11.6 Å². The van der Waals surface area contributed by atoms with E-state index in [9.17, 15) is 10.1 Å². The van der Waals surface area contributed by atoms with Crippen LogP contribution in [0.15, 0.2) is 12.1 Å². The summed E-state index contributed by atoms with van der Waals surface area (Å²) in [5.74, 6) is 0.824. The van der Waals surface area contributed by atoms with Crippen LogP contribution in [-0.4, -0.2) is 11.5 Å². The lowest BCUT2D eigenvalue weighted by molar-refractivity contribution is -0.384. The second-order valence-electron chi connectivity index (χ2n) is 5.60. The zero-order valence-electron chi connectivity index (χ0n) is 11.8. The second-order valence-corrected chi connectivity index (χ2v) is 6.00. The fourth-order valence-electron chi connectivity index (χ4n) is 2.88. The summed E-state index contributed by atoms with van der Waals surface area (Å²) in [6, 6.07) is 3.20. The zero-order chi connectivity index (χ0) is 14.5. The first-order chi connectivity index (χ1) is 9.58. The van der Waals surface area contributed by atoms with Crippen LogP contribution in [0, 0.1) is 23.0 Å². The predicted octanol–water partition coefficient (Wildman–Crippen LogP) is 4.94. The number of halogens is 1. The van der Waals surface area contributed by atoms with Crippen LogP contribution in [0.3, 0.4) is 0 Å². The molecule has 0 spiro atoms. The molecule has 2 rings (SSSR count). The van der Waals surface area contributed by atoms with Crippen molar-refractivity contribution in [2.45, 2.75) is 45.4 Å². The van der Waals surface area contributed by atoms with Gasteiger partial charge in [-0.15, -0.1) is 0 Å². The summed E-state index contributed by atoms with van der Waals surface area (Å²) < 4.78 is 0. The summed E-state index contributed by atoms with van der Waals surface area (Å²) in [5, 5.41) is 14.4. The summed E-state index contributed by atoms with van der Waals surface area (Å²) in [7, 11) is 0. The lowest BCUT2D eigenvalue weighted by atomic mass is 9.87. The molecule has 0 saturated heterocycles. The van der Waals surface area contributed by atoms with Crippen molar-refractivity contribution in [2.75, 3.05) is 11.9 Å². The van der Waals surface area contributed by atoms with E-state index in [0.29, 0.717) is 0 Å². The molecule has 0 heterocycles. The monoisotopic (exact) mass is 296 g/mol. The van der Waals surface area contributed by atoms with E-state index in [4.69, 9.17) is 11.6 Å². The Kier molecular flexibility index (Phi) is 5.24. The maximum absolute atomic E-state index is 10.8. The van der Waals surface area contributed by atoms with Crippen molar-refractivity contribution in [3.05, 3.63) is 32.8 Å². The van der Waals surface area contributed by atoms with Gasteiger partial charge in [0.15, 0.2) is 0 Å². The van der Waals surface area contributed by atoms with Gasteiger partial charge in [0.2, 0.25) is 0 Å². The molecule has 1 aromatic rings. The van der Waals surface area contributed by atoms with Gasteiger partial charge in [0.25, 0.3) is 5.69 Å². The van der Waals surface area contributed by atoms with Gasteiger partial charge in [-0.1, -0.05) is 43.7 Å². The Morgan fingerprint density at radius 2 is 2.05 bits per heavy atom. The first kappa shape index (κ1) is 15.1. The highest BCUT2D eigenvalue weighted by atomic mass is 35.5. The normalized spacial score (nSPS) is 16.1. The summed E-state index contributed by atoms with van der Waals surface area (Å²) in [4.78, 5) is 10.4. The summed E-state index contributed by atoms with van der Waals surface area (Å²) >= 11 is 5.94. The minimum absolute atomic E-state index is 0.0259. The van der Waals surface area contributed by atoms with Crippen LogP contribution in [0.25, 0.3) is 0 Å². The van der Waals surface area contributed by atoms with E-state index in [0.717, 1.165) is 30.1 Å². The molecule has 0 bridgehead atoms. The van der Waals surface area contributed by atoms with Crippen LogP contribution in [0.5, 0.6) is 0 Å². The topological polar surface area (TPSA) is 55.2 Å². The molecular formula is C15H21ClN2O2. The smallest absolute Gasteiger partial charge is 0.288 e. The SMILES string of the molecule is Cc1cc([N+](=O)[O-])c(Cl)cc1NCCC1CCCCC1. The van der Waals surface area contributed by atoms with E-state index in [1.807, 2.05) is 6.92 Å². The Bertz CT molecular complexity index is 485. The molecule has 0 aliphatic heterocycles. The van der Waals surface area contributed by atoms with Crippen LogP contribution in [0.4, 0.5) is 11.4 Å². The molecule has 5 heteroatoms. The molecule has 0 amide bonds. The van der Waals surface area contributed by atoms with E-state index in [1.165, 1.54) is 38.2 Å². The highest BCUT2D eigenvalue weighted by molar-refractivity contribution is 6.33. The standard InChI is InChI=1S/C15H21ClN2O2/c1-11-9-15(18(19)20)13(16)10-14(11)17-8-7-12-5-3-2-4-6-12/h9-10,12,17H,2-8H2,1H3. The third-order valence-electron chi connectivity index (χ3n) is 4.08. The van der Waals surface area contributed by atoms with Crippen molar-refractivity contribution >= 4 is 23.0 Å². The largest absolute Gasteiger partial charge is 0.385 e. The number of nitrogens with zero attached hydrogens (tertiary/aromatic N) is 1. The molecule has 1 saturated carbocycles. The Hall–Kier alpha value is -1.29. The molecule has 1 aliphatic carbocycles. The number of rotatable bonds is 5. The van der Waals surface area contributed by atoms with Gasteiger partial charge >= 0.3 is 0 Å². The summed E-state index contributed by atoms with van der Waals surface area (Å²) in [5.41, 5.74) is 1.74. The van der Waals surface area contributed by atoms with Crippen LogP contribution < -0.4 is 5.32 Å². The summed E-state index contributed by atoms with van der Waals surface area (Å²) in [6.07, 6.45) is 7.92. The number of benzene rings is 1. The lowest BCUT2D eigenvalue weighted by Crippen LogP contribution is -2.12. The Morgan fingerprint density at radius 3 is 2.70 bits per heavy atom. The fourth-order valence-corrected chi connectivity index (χ4v) is 3.12. The minimum Gasteiger partial charge on any atom is -0.385 e. The fraction of sp³-hybridized carbons (Fsp3) is 0.600. The quantitative estimate of drug-likeness (QED) is 0.618. The van der Waals surface area contributed by atoms with E-state index in [2.05, 4.69) is 5.32 Å². The van der Waals surface area contributed by atoms with Crippen molar-refractivity contribution in [1.29, 1.82) is 0 Å². The molecule has 0 aromatic heterocycles. The van der Waals surface area contributed by atoms with Crippen molar-refractivity contribution in [2.24, 2.45) is 5.92 Å². The van der Waals surface area contributed by atoms with E-state index >= 15 is 0 Å². The number of hydrogen-bond acceptors (Lipinski definition) is 3. The van der Waals surface area contributed by atoms with Gasteiger partial charge in [-0.25, -0.2) is 0 Å². The predicted molar refractivity (Wildman–Crippen MR) is 82.5 cm³/mol. The molecule has 1 aromatic carbocycles. The Labute approximate surface area is 124 Å². The molecule has 1 aliphatic rings. The molecule has 20 heavy (non-hydrogen) atoms. The third-order valence-corrected chi connectivity index (χ3v) is 4.39. The number of aryl methyl sites for hydroxylation is 1. The van der Waals surface area contributed by atoms with E-state index in [1.54, 1.807) is 6.07 Å². The molecular weight excluding hydrogens is 276 g/mol. The molecule has 1 fully saturated rings. The van der Waals surface area contributed by atoms with Gasteiger partial charge in [0, 0.05) is 18.3 Å². The summed E-state index contributed by atoms with van der Waals surface area (Å²) in [6.45, 7) is 2.77. The van der Waals surface area contributed by atoms with Gasteiger partial charge in [-0.2, -0.15) is 0 Å². The first-order valence-electron chi connectivity index (χ1n) is 7.26. The van der Waals surface area contributed by atoms with Crippen molar-refractivity contribution in [1.82, 2.24) is 0 Å². The highest BCUT2D eigenvalue weighted by Crippen LogP contribution is 2.31. The molecule has 0 atom stereocenters. The van der Waals surface area contributed by atoms with Crippen LogP contribution in [0.2, 0.25) is 5.02 Å². The first-order valence-corrected chi connectivity index (χ1v) is 7.64. The van der Waals surface area contributed by atoms with Gasteiger partial charge in [0.05, 0.1) is 4.92 Å². The highest BCUT2D eigenvalue weighted by Gasteiger charge is 2.16. The number of anilines is 1. The average molecular weight is 297 g/mol. The Morgan fingerprint density at radius 1 is 1.35 bits per heavy atom. The van der Waals surface area contributed by atoms with Crippen molar-refractivity contribution in [3.63, 3.8) is 0 Å². The molecule has 0 radical (unpaired) electrons. The number of nitro benzene ring substituents is 1. The van der Waals surface area contributed by atoms with Gasteiger partial charge < -0.3 is 5.32 Å². The molecule has 1 N–H and O–H groups in total. The Balaban J connectivity index is 1.92. The maximum Gasteiger partial charge on any atom is 0.288 e.